The van der Waals surface area contributed by atoms with Gasteiger partial charge in [-0.2, -0.15) is 15.0 Å². The molecular formula is C7H16N6O3. The largest absolute Gasteiger partial charge is 0.412 e. The monoisotopic (exact) mass is 232 g/mol. The number of anilines is 3. The summed E-state index contributed by atoms with van der Waals surface area (Å²) in [6.07, 6.45) is 0. The van der Waals surface area contributed by atoms with Gasteiger partial charge in [0.25, 0.3) is 0 Å². The molecule has 1 heterocycles. The van der Waals surface area contributed by atoms with Gasteiger partial charge in [-0.05, 0) is 0 Å². The molecule has 0 unspecified atom stereocenters. The van der Waals surface area contributed by atoms with Crippen LogP contribution in [0.25, 0.3) is 0 Å². The van der Waals surface area contributed by atoms with E-state index in [2.05, 4.69) is 25.6 Å². The zero-order chi connectivity index (χ0) is 11.1. The number of hydrogen-bond acceptors (Lipinski definition) is 8. The van der Waals surface area contributed by atoms with Crippen molar-refractivity contribution in [1.29, 1.82) is 0 Å². The van der Waals surface area contributed by atoms with Crippen LogP contribution in [-0.2, 0) is 9.47 Å². The molecule has 9 heteroatoms. The van der Waals surface area contributed by atoms with Gasteiger partial charge in [0.2, 0.25) is 17.8 Å². The molecule has 9 nitrogen and oxygen atoms in total. The van der Waals surface area contributed by atoms with Crippen LogP contribution in [0.3, 0.4) is 0 Å². The van der Waals surface area contributed by atoms with Crippen LogP contribution in [0.15, 0.2) is 0 Å². The third kappa shape index (κ3) is 4.68. The van der Waals surface area contributed by atoms with Crippen molar-refractivity contribution in [2.45, 2.75) is 0 Å². The lowest BCUT2D eigenvalue weighted by molar-refractivity contribution is 0.219. The SMILES string of the molecule is COCNc1nc(N)nc(NCOC)n1.O. The van der Waals surface area contributed by atoms with Crippen molar-refractivity contribution in [3.05, 3.63) is 0 Å². The highest BCUT2D eigenvalue weighted by Gasteiger charge is 2.02. The number of nitrogens with zero attached hydrogens (tertiary/aromatic N) is 3. The van der Waals surface area contributed by atoms with E-state index in [0.717, 1.165) is 0 Å². The van der Waals surface area contributed by atoms with Crippen molar-refractivity contribution in [2.75, 3.05) is 44.0 Å². The lowest BCUT2D eigenvalue weighted by Gasteiger charge is -2.07. The van der Waals surface area contributed by atoms with Crippen LogP contribution in [0.4, 0.5) is 17.8 Å². The third-order valence-electron chi connectivity index (χ3n) is 1.40. The first-order valence-electron chi connectivity index (χ1n) is 4.23. The maximum Gasteiger partial charge on any atom is 0.231 e. The van der Waals surface area contributed by atoms with Crippen LogP contribution in [0.5, 0.6) is 0 Å². The van der Waals surface area contributed by atoms with Gasteiger partial charge in [-0.25, -0.2) is 0 Å². The number of nitrogen functional groups attached to an aromatic ring is 1. The normalized spacial score (nSPS) is 9.38. The van der Waals surface area contributed by atoms with Gasteiger partial charge in [-0.3, -0.25) is 0 Å². The summed E-state index contributed by atoms with van der Waals surface area (Å²) in [5.41, 5.74) is 5.48. The van der Waals surface area contributed by atoms with Crippen LogP contribution < -0.4 is 16.4 Å². The maximum absolute atomic E-state index is 5.48. The van der Waals surface area contributed by atoms with E-state index in [0.29, 0.717) is 25.4 Å². The molecule has 1 aromatic heterocycles. The summed E-state index contributed by atoms with van der Waals surface area (Å²) in [7, 11) is 3.11. The average Bonchev–Trinajstić information content (AvgIpc) is 2.23. The molecular weight excluding hydrogens is 216 g/mol. The second-order valence-corrected chi connectivity index (χ2v) is 2.56. The Hall–Kier alpha value is -1.71. The molecule has 0 saturated heterocycles. The van der Waals surface area contributed by atoms with E-state index in [4.69, 9.17) is 15.2 Å². The van der Waals surface area contributed by atoms with Gasteiger partial charge in [-0.15, -0.1) is 0 Å². The van der Waals surface area contributed by atoms with Gasteiger partial charge < -0.3 is 31.3 Å². The zero-order valence-corrected chi connectivity index (χ0v) is 9.15. The lowest BCUT2D eigenvalue weighted by Crippen LogP contribution is -2.13. The first-order chi connectivity index (χ1) is 7.26. The predicted octanol–water partition coefficient (Wildman–Crippen LogP) is -1.34. The number of nitrogens with two attached hydrogens (primary N) is 1. The van der Waals surface area contributed by atoms with Gasteiger partial charge >= 0.3 is 0 Å². The molecule has 1 aromatic rings. The molecule has 0 aliphatic carbocycles. The molecule has 0 radical (unpaired) electrons. The predicted molar refractivity (Wildman–Crippen MR) is 58.9 cm³/mol. The molecule has 16 heavy (non-hydrogen) atoms. The molecule has 0 amide bonds. The van der Waals surface area contributed by atoms with E-state index >= 15 is 0 Å². The second-order valence-electron chi connectivity index (χ2n) is 2.56. The van der Waals surface area contributed by atoms with E-state index in [9.17, 15) is 0 Å². The van der Waals surface area contributed by atoms with Gasteiger partial charge in [0, 0.05) is 14.2 Å². The van der Waals surface area contributed by atoms with Crippen LogP contribution in [0, 0.1) is 0 Å². The maximum atomic E-state index is 5.48. The number of rotatable bonds is 6. The molecule has 0 fully saturated rings. The fraction of sp³-hybridized carbons (Fsp3) is 0.571. The van der Waals surface area contributed by atoms with Gasteiger partial charge in [-0.1, -0.05) is 0 Å². The standard InChI is InChI=1S/C7H14N6O2.H2O/c1-14-3-9-6-11-5(8)12-7(13-6)10-4-15-2;/h3-4H2,1-2H3,(H4,8,9,10,11,12,13);1H2. The van der Waals surface area contributed by atoms with E-state index in [1.165, 1.54) is 0 Å². The Morgan fingerprint density at radius 1 is 1.00 bits per heavy atom. The quantitative estimate of drug-likeness (QED) is 0.512. The number of nitrogens with one attached hydrogen (secondary N) is 2. The Balaban J connectivity index is 0.00000225. The molecule has 92 valence electrons. The highest BCUT2D eigenvalue weighted by Crippen LogP contribution is 2.05. The highest BCUT2D eigenvalue weighted by molar-refractivity contribution is 5.39. The summed E-state index contributed by atoms with van der Waals surface area (Å²) in [5, 5.41) is 5.61. The number of hydrogen-bond donors (Lipinski definition) is 3. The van der Waals surface area contributed by atoms with Crippen LogP contribution in [0.1, 0.15) is 0 Å². The fourth-order valence-electron chi connectivity index (χ4n) is 0.824. The van der Waals surface area contributed by atoms with Crippen molar-refractivity contribution in [3.8, 4) is 0 Å². The van der Waals surface area contributed by atoms with Gasteiger partial charge in [0.1, 0.15) is 13.5 Å². The highest BCUT2D eigenvalue weighted by atomic mass is 16.5. The van der Waals surface area contributed by atoms with Crippen molar-refractivity contribution < 1.29 is 14.9 Å². The molecule has 0 aliphatic rings. The fourth-order valence-corrected chi connectivity index (χ4v) is 0.824. The number of methoxy groups -OCH3 is 2. The molecule has 0 aliphatic heterocycles. The number of ether oxygens (including phenoxy) is 2. The van der Waals surface area contributed by atoms with E-state index in [1.807, 2.05) is 0 Å². The second kappa shape index (κ2) is 7.56. The lowest BCUT2D eigenvalue weighted by atomic mass is 10.8. The Labute approximate surface area is 92.7 Å². The summed E-state index contributed by atoms with van der Waals surface area (Å²) in [6, 6.07) is 0. The average molecular weight is 232 g/mol. The van der Waals surface area contributed by atoms with Gasteiger partial charge in [0.05, 0.1) is 0 Å². The smallest absolute Gasteiger partial charge is 0.231 e. The summed E-state index contributed by atoms with van der Waals surface area (Å²) in [4.78, 5) is 11.8. The first kappa shape index (κ1) is 14.3. The minimum absolute atomic E-state index is 0. The van der Waals surface area contributed by atoms with Crippen LogP contribution >= 0.6 is 0 Å². The topological polar surface area (TPSA) is 139 Å². The Morgan fingerprint density at radius 2 is 1.44 bits per heavy atom. The molecule has 1 rings (SSSR count). The summed E-state index contributed by atoms with van der Waals surface area (Å²) in [6.45, 7) is 0.598. The van der Waals surface area contributed by atoms with E-state index < -0.39 is 0 Å². The summed E-state index contributed by atoms with van der Waals surface area (Å²) < 4.78 is 9.62. The minimum Gasteiger partial charge on any atom is -0.412 e. The van der Waals surface area contributed by atoms with Crippen LogP contribution in [-0.4, -0.2) is 48.1 Å². The Kier molecular flexibility index (Phi) is 6.76. The van der Waals surface area contributed by atoms with Crippen molar-refractivity contribution in [1.82, 2.24) is 15.0 Å². The molecule has 0 bridgehead atoms. The van der Waals surface area contributed by atoms with E-state index in [1.54, 1.807) is 14.2 Å². The third-order valence-corrected chi connectivity index (χ3v) is 1.40. The number of aromatic nitrogens is 3. The molecule has 0 spiro atoms. The summed E-state index contributed by atoms with van der Waals surface area (Å²) in [5.74, 6) is 0.827. The first-order valence-corrected chi connectivity index (χ1v) is 4.23. The van der Waals surface area contributed by atoms with Gasteiger partial charge in [0.15, 0.2) is 0 Å². The Bertz CT molecular complexity index is 284. The van der Waals surface area contributed by atoms with Crippen LogP contribution in [0.2, 0.25) is 0 Å². The minimum atomic E-state index is 0. The van der Waals surface area contributed by atoms with Crippen molar-refractivity contribution in [3.63, 3.8) is 0 Å². The van der Waals surface area contributed by atoms with E-state index in [-0.39, 0.29) is 11.4 Å². The molecule has 6 N–H and O–H groups in total. The molecule has 0 aromatic carbocycles. The molecule has 0 atom stereocenters. The molecule has 0 saturated carbocycles. The van der Waals surface area contributed by atoms with Crippen molar-refractivity contribution in [2.24, 2.45) is 0 Å². The Morgan fingerprint density at radius 3 is 1.81 bits per heavy atom. The zero-order valence-electron chi connectivity index (χ0n) is 9.15. The summed E-state index contributed by atoms with van der Waals surface area (Å²) >= 11 is 0. The van der Waals surface area contributed by atoms with Crippen molar-refractivity contribution >= 4 is 17.8 Å².